The van der Waals surface area contributed by atoms with Crippen LogP contribution in [0.5, 0.6) is 0 Å². The number of hydrogen-bond donors (Lipinski definition) is 1. The van der Waals surface area contributed by atoms with E-state index in [-0.39, 0.29) is 4.21 Å². The molecule has 12 heavy (non-hydrogen) atoms. The van der Waals surface area contributed by atoms with Crippen LogP contribution in [-0.2, 0) is 14.9 Å². The molecule has 0 aliphatic rings. The summed E-state index contributed by atoms with van der Waals surface area (Å²) in [5.74, 6) is 0. The molecule has 1 aromatic rings. The SMILES string of the molecule is CCONS(=O)(=O)c1cccs1. The molecule has 1 N–H and O–H groups in total. The van der Waals surface area contributed by atoms with Gasteiger partial charge in [0.25, 0.3) is 10.0 Å². The zero-order chi connectivity index (χ0) is 9.03. The van der Waals surface area contributed by atoms with Crippen molar-refractivity contribution in [3.63, 3.8) is 0 Å². The predicted molar refractivity (Wildman–Crippen MR) is 46.3 cm³/mol. The molecule has 0 radical (unpaired) electrons. The average molecular weight is 207 g/mol. The van der Waals surface area contributed by atoms with Crippen molar-refractivity contribution in [1.29, 1.82) is 0 Å². The molecule has 68 valence electrons. The van der Waals surface area contributed by atoms with E-state index in [4.69, 9.17) is 0 Å². The van der Waals surface area contributed by atoms with Crippen molar-refractivity contribution in [3.05, 3.63) is 17.5 Å². The van der Waals surface area contributed by atoms with Crippen LogP contribution in [-0.4, -0.2) is 15.0 Å². The number of thiophene rings is 1. The molecule has 0 saturated carbocycles. The molecule has 0 aliphatic carbocycles. The van der Waals surface area contributed by atoms with Gasteiger partial charge >= 0.3 is 0 Å². The van der Waals surface area contributed by atoms with Gasteiger partial charge in [-0.15, -0.1) is 11.3 Å². The van der Waals surface area contributed by atoms with Crippen LogP contribution in [0.4, 0.5) is 0 Å². The van der Waals surface area contributed by atoms with E-state index in [9.17, 15) is 8.42 Å². The first-order valence-corrected chi connectivity index (χ1v) is 5.70. The van der Waals surface area contributed by atoms with Crippen molar-refractivity contribution >= 4 is 21.4 Å². The molecular weight excluding hydrogens is 198 g/mol. The summed E-state index contributed by atoms with van der Waals surface area (Å²) >= 11 is 1.15. The molecule has 4 nitrogen and oxygen atoms in total. The summed E-state index contributed by atoms with van der Waals surface area (Å²) < 4.78 is 22.7. The molecule has 1 heterocycles. The van der Waals surface area contributed by atoms with Crippen LogP contribution in [0.15, 0.2) is 21.7 Å². The third kappa shape index (κ3) is 2.28. The molecule has 0 aliphatic heterocycles. The summed E-state index contributed by atoms with van der Waals surface area (Å²) in [6, 6.07) is 3.19. The van der Waals surface area contributed by atoms with Gasteiger partial charge < -0.3 is 0 Å². The van der Waals surface area contributed by atoms with Gasteiger partial charge in [0.2, 0.25) is 0 Å². The Labute approximate surface area is 75.2 Å². The quantitative estimate of drug-likeness (QED) is 0.749. The summed E-state index contributed by atoms with van der Waals surface area (Å²) in [5.41, 5.74) is 0. The van der Waals surface area contributed by atoms with E-state index < -0.39 is 10.0 Å². The fourth-order valence-corrected chi connectivity index (χ4v) is 2.43. The summed E-state index contributed by atoms with van der Waals surface area (Å²) in [7, 11) is -3.43. The highest BCUT2D eigenvalue weighted by Gasteiger charge is 2.13. The van der Waals surface area contributed by atoms with Gasteiger partial charge in [0.05, 0.1) is 6.61 Å². The molecule has 6 heteroatoms. The van der Waals surface area contributed by atoms with Crippen LogP contribution in [0.2, 0.25) is 0 Å². The Balaban J connectivity index is 2.74. The molecule has 0 aromatic carbocycles. The van der Waals surface area contributed by atoms with Crippen molar-refractivity contribution in [2.45, 2.75) is 11.1 Å². The minimum absolute atomic E-state index is 0.260. The smallest absolute Gasteiger partial charge is 0.271 e. The predicted octanol–water partition coefficient (Wildman–Crippen LogP) is 0.978. The van der Waals surface area contributed by atoms with Crippen LogP contribution in [0.3, 0.4) is 0 Å². The van der Waals surface area contributed by atoms with Gasteiger partial charge in [-0.2, -0.15) is 0 Å². The van der Waals surface area contributed by atoms with Crippen LogP contribution in [0.1, 0.15) is 6.92 Å². The van der Waals surface area contributed by atoms with Crippen LogP contribution in [0, 0.1) is 0 Å². The van der Waals surface area contributed by atoms with Gasteiger partial charge in [-0.1, -0.05) is 11.0 Å². The largest absolute Gasteiger partial charge is 0.287 e. The summed E-state index contributed by atoms with van der Waals surface area (Å²) in [6.45, 7) is 2.02. The second kappa shape index (κ2) is 3.99. The first kappa shape index (κ1) is 9.66. The normalized spacial score (nSPS) is 11.8. The Morgan fingerprint density at radius 3 is 2.92 bits per heavy atom. The highest BCUT2D eigenvalue weighted by Crippen LogP contribution is 2.14. The molecule has 0 atom stereocenters. The van der Waals surface area contributed by atoms with E-state index in [2.05, 4.69) is 4.84 Å². The average Bonchev–Trinajstić information content (AvgIpc) is 2.53. The monoisotopic (exact) mass is 207 g/mol. The van der Waals surface area contributed by atoms with Crippen molar-refractivity contribution in [3.8, 4) is 0 Å². The molecule has 0 bridgehead atoms. The van der Waals surface area contributed by atoms with E-state index in [0.29, 0.717) is 6.61 Å². The van der Waals surface area contributed by atoms with E-state index in [1.165, 1.54) is 6.07 Å². The molecule has 0 fully saturated rings. The Morgan fingerprint density at radius 2 is 2.42 bits per heavy atom. The lowest BCUT2D eigenvalue weighted by Crippen LogP contribution is -2.23. The zero-order valence-electron chi connectivity index (χ0n) is 6.48. The lowest BCUT2D eigenvalue weighted by atomic mass is 10.7. The summed E-state index contributed by atoms with van der Waals surface area (Å²) in [4.78, 5) is 6.58. The maximum absolute atomic E-state index is 11.2. The van der Waals surface area contributed by atoms with Crippen molar-refractivity contribution in [2.24, 2.45) is 0 Å². The van der Waals surface area contributed by atoms with Crippen LogP contribution >= 0.6 is 11.3 Å². The molecule has 0 saturated heterocycles. The third-order valence-electron chi connectivity index (χ3n) is 1.07. The first-order chi connectivity index (χ1) is 5.67. The molecule has 1 rings (SSSR count). The number of nitrogens with one attached hydrogen (secondary N) is 1. The van der Waals surface area contributed by atoms with Gasteiger partial charge in [0, 0.05) is 0 Å². The molecule has 0 unspecified atom stereocenters. The number of sulfonamides is 1. The van der Waals surface area contributed by atoms with Crippen LogP contribution < -0.4 is 4.89 Å². The Bertz CT molecular complexity index is 317. The maximum atomic E-state index is 11.2. The van der Waals surface area contributed by atoms with E-state index in [1.54, 1.807) is 18.4 Å². The van der Waals surface area contributed by atoms with E-state index in [0.717, 1.165) is 11.3 Å². The Kier molecular flexibility index (Phi) is 3.21. The van der Waals surface area contributed by atoms with E-state index >= 15 is 0 Å². The molecule has 1 aromatic heterocycles. The first-order valence-electron chi connectivity index (χ1n) is 3.34. The summed E-state index contributed by atoms with van der Waals surface area (Å²) in [5, 5.41) is 1.69. The topological polar surface area (TPSA) is 55.4 Å². The van der Waals surface area contributed by atoms with Crippen molar-refractivity contribution < 1.29 is 13.3 Å². The third-order valence-corrected chi connectivity index (χ3v) is 3.68. The number of hydrogen-bond acceptors (Lipinski definition) is 4. The fourth-order valence-electron chi connectivity index (χ4n) is 0.594. The second-order valence-corrected chi connectivity index (χ2v) is 4.77. The minimum Gasteiger partial charge on any atom is -0.287 e. The lowest BCUT2D eigenvalue weighted by molar-refractivity contribution is 0.105. The van der Waals surface area contributed by atoms with Crippen LogP contribution in [0.25, 0.3) is 0 Å². The van der Waals surface area contributed by atoms with Gasteiger partial charge in [-0.25, -0.2) is 8.42 Å². The summed E-state index contributed by atoms with van der Waals surface area (Å²) in [6.07, 6.45) is 0. The van der Waals surface area contributed by atoms with Crippen molar-refractivity contribution in [1.82, 2.24) is 4.89 Å². The minimum atomic E-state index is -3.43. The molecule has 0 spiro atoms. The van der Waals surface area contributed by atoms with Crippen molar-refractivity contribution in [2.75, 3.05) is 6.61 Å². The lowest BCUT2D eigenvalue weighted by Gasteiger charge is -2.01. The van der Waals surface area contributed by atoms with Gasteiger partial charge in [-0.3, -0.25) is 4.84 Å². The zero-order valence-corrected chi connectivity index (χ0v) is 8.11. The van der Waals surface area contributed by atoms with Gasteiger partial charge in [-0.05, 0) is 18.4 Å². The second-order valence-electron chi connectivity index (χ2n) is 1.95. The molecule has 0 amide bonds. The highest BCUT2D eigenvalue weighted by atomic mass is 32.2. The fraction of sp³-hybridized carbons (Fsp3) is 0.333. The van der Waals surface area contributed by atoms with Gasteiger partial charge in [0.15, 0.2) is 0 Å². The maximum Gasteiger partial charge on any atom is 0.271 e. The molecular formula is C6H9NO3S2. The number of rotatable bonds is 4. The van der Waals surface area contributed by atoms with E-state index in [1.807, 2.05) is 4.89 Å². The Hall–Kier alpha value is -0.430. The van der Waals surface area contributed by atoms with Gasteiger partial charge in [0.1, 0.15) is 4.21 Å². The highest BCUT2D eigenvalue weighted by molar-refractivity contribution is 7.91. The standard InChI is InChI=1S/C6H9NO3S2/c1-2-10-7-12(8,9)6-4-3-5-11-6/h3-5,7H,2H2,1H3. The Morgan fingerprint density at radius 1 is 1.67 bits per heavy atom.